The lowest BCUT2D eigenvalue weighted by Crippen LogP contribution is -2.31. The Kier molecular flexibility index (Phi) is 2.16. The zero-order chi connectivity index (χ0) is 8.43. The van der Waals surface area contributed by atoms with E-state index in [2.05, 4.69) is 5.32 Å². The van der Waals surface area contributed by atoms with Gasteiger partial charge in [-0.25, -0.2) is 13.2 Å². The van der Waals surface area contributed by atoms with E-state index in [9.17, 15) is 18.0 Å². The van der Waals surface area contributed by atoms with Crippen molar-refractivity contribution in [1.29, 1.82) is 0 Å². The minimum atomic E-state index is -2.86. The molecule has 1 aliphatic rings. The Morgan fingerprint density at radius 3 is 2.55 bits per heavy atom. The van der Waals surface area contributed by atoms with Crippen LogP contribution in [0, 0.1) is 6.20 Å². The van der Waals surface area contributed by atoms with Gasteiger partial charge in [0, 0.05) is 0 Å². The van der Waals surface area contributed by atoms with Gasteiger partial charge in [-0.3, -0.25) is 10.1 Å². The van der Waals surface area contributed by atoms with Crippen molar-refractivity contribution in [3.05, 3.63) is 11.8 Å². The molecular weight excluding hydrogens is 159 g/mol. The van der Waals surface area contributed by atoms with E-state index in [1.54, 1.807) is 0 Å². The van der Waals surface area contributed by atoms with Gasteiger partial charge in [0.1, 0.15) is 6.67 Å². The zero-order valence-electron chi connectivity index (χ0n) is 5.35. The smallest absolute Gasteiger partial charge is 0.268 e. The Morgan fingerprint density at radius 2 is 2.27 bits per heavy atom. The fourth-order valence-corrected chi connectivity index (χ4v) is 0.706. The van der Waals surface area contributed by atoms with Crippen LogP contribution < -0.4 is 5.32 Å². The van der Waals surface area contributed by atoms with Crippen LogP contribution in [0.4, 0.5) is 13.2 Å². The third-order valence-corrected chi connectivity index (χ3v) is 1.28. The second-order valence-corrected chi connectivity index (χ2v) is 2.00. The molecule has 11 heavy (non-hydrogen) atoms. The van der Waals surface area contributed by atoms with E-state index in [0.717, 1.165) is 0 Å². The maximum Gasteiger partial charge on any atom is 0.268 e. The SMILES string of the molecule is O=C1C(CF)=[C][N]C1C(F)F. The summed E-state index contributed by atoms with van der Waals surface area (Å²) in [6.45, 7) is -1.08. The highest BCUT2D eigenvalue weighted by molar-refractivity contribution is 6.01. The first-order chi connectivity index (χ1) is 5.16. The summed E-state index contributed by atoms with van der Waals surface area (Å²) in [6, 6.07) is -1.72. The number of hydrogen-bond donors (Lipinski definition) is 0. The van der Waals surface area contributed by atoms with E-state index < -0.39 is 30.5 Å². The fourth-order valence-electron chi connectivity index (χ4n) is 0.706. The molecule has 0 bridgehead atoms. The lowest BCUT2D eigenvalue weighted by atomic mass is 10.1. The largest absolute Gasteiger partial charge is 0.292 e. The summed E-state index contributed by atoms with van der Waals surface area (Å²) in [4.78, 5) is 10.7. The van der Waals surface area contributed by atoms with Crippen molar-refractivity contribution in [1.82, 2.24) is 5.32 Å². The summed E-state index contributed by atoms with van der Waals surface area (Å²) in [5.41, 5.74) is -0.393. The van der Waals surface area contributed by atoms with Gasteiger partial charge in [0.25, 0.3) is 6.43 Å². The molecule has 0 fully saturated rings. The lowest BCUT2D eigenvalue weighted by molar-refractivity contribution is -0.119. The van der Waals surface area contributed by atoms with Crippen molar-refractivity contribution in [2.24, 2.45) is 0 Å². The molecule has 60 valence electrons. The Morgan fingerprint density at radius 1 is 1.64 bits per heavy atom. The van der Waals surface area contributed by atoms with E-state index in [1.807, 2.05) is 6.20 Å². The molecule has 0 aromatic heterocycles. The Balaban J connectivity index is 2.64. The van der Waals surface area contributed by atoms with E-state index in [-0.39, 0.29) is 0 Å². The summed E-state index contributed by atoms with van der Waals surface area (Å²) >= 11 is 0. The molecule has 2 nitrogen and oxygen atoms in total. The molecule has 0 aliphatic carbocycles. The first-order valence-corrected chi connectivity index (χ1v) is 2.87. The number of Topliss-reactive ketones (excluding diaryl/α,β-unsaturated/α-hetero) is 1. The van der Waals surface area contributed by atoms with Gasteiger partial charge in [0.05, 0.1) is 11.8 Å². The third-order valence-electron chi connectivity index (χ3n) is 1.28. The quantitative estimate of drug-likeness (QED) is 0.581. The molecule has 0 spiro atoms. The van der Waals surface area contributed by atoms with Crippen LogP contribution in [-0.4, -0.2) is 24.9 Å². The Bertz CT molecular complexity index is 202. The molecule has 0 saturated heterocycles. The molecule has 0 saturated carbocycles. The number of ketones is 1. The number of rotatable bonds is 2. The summed E-state index contributed by atoms with van der Waals surface area (Å²) in [5, 5.41) is 3.04. The average Bonchev–Trinajstić information content (AvgIpc) is 2.30. The van der Waals surface area contributed by atoms with Gasteiger partial charge >= 0.3 is 0 Å². The monoisotopic (exact) mass is 163 g/mol. The Labute approximate surface area is 61.1 Å². The zero-order valence-corrected chi connectivity index (χ0v) is 5.35. The van der Waals surface area contributed by atoms with Crippen LogP contribution in [-0.2, 0) is 4.79 Å². The maximum atomic E-state index is 11.8. The summed E-state index contributed by atoms with van der Waals surface area (Å²) in [5.74, 6) is -0.956. The highest BCUT2D eigenvalue weighted by Crippen LogP contribution is 2.15. The third kappa shape index (κ3) is 1.36. The van der Waals surface area contributed by atoms with Gasteiger partial charge in [0.15, 0.2) is 11.8 Å². The van der Waals surface area contributed by atoms with Crippen LogP contribution in [0.15, 0.2) is 5.57 Å². The normalized spacial score (nSPS) is 23.8. The molecule has 1 rings (SSSR count). The molecule has 1 heterocycles. The molecule has 0 aromatic rings. The standard InChI is InChI=1S/C6H4F3NO/c7-1-3-2-10-4(5(3)11)6(8)9/h4,6H,1H2. The topological polar surface area (TPSA) is 31.2 Å². The summed E-state index contributed by atoms with van der Waals surface area (Å²) < 4.78 is 35.4. The maximum absolute atomic E-state index is 11.8. The summed E-state index contributed by atoms with van der Waals surface area (Å²) in [7, 11) is 0. The molecule has 5 heteroatoms. The minimum Gasteiger partial charge on any atom is -0.292 e. The van der Waals surface area contributed by atoms with E-state index >= 15 is 0 Å². The molecular formula is C6H4F3NO. The van der Waals surface area contributed by atoms with Crippen LogP contribution in [0.1, 0.15) is 0 Å². The number of alkyl halides is 3. The van der Waals surface area contributed by atoms with Crippen molar-refractivity contribution in [3.63, 3.8) is 0 Å². The van der Waals surface area contributed by atoms with Gasteiger partial charge in [-0.2, -0.15) is 0 Å². The lowest BCUT2D eigenvalue weighted by Gasteiger charge is -2.04. The van der Waals surface area contributed by atoms with Crippen LogP contribution >= 0.6 is 0 Å². The molecule has 1 atom stereocenters. The molecule has 2 radical (unpaired) electrons. The van der Waals surface area contributed by atoms with Crippen molar-refractivity contribution in [2.45, 2.75) is 12.5 Å². The van der Waals surface area contributed by atoms with Crippen molar-refractivity contribution in [3.8, 4) is 0 Å². The van der Waals surface area contributed by atoms with E-state index in [4.69, 9.17) is 0 Å². The number of carbonyl (C=O) groups is 1. The second-order valence-electron chi connectivity index (χ2n) is 2.00. The van der Waals surface area contributed by atoms with Gasteiger partial charge in [0.2, 0.25) is 0 Å². The van der Waals surface area contributed by atoms with Gasteiger partial charge in [-0.15, -0.1) is 0 Å². The number of halogens is 3. The van der Waals surface area contributed by atoms with E-state index in [1.165, 1.54) is 0 Å². The van der Waals surface area contributed by atoms with E-state index in [0.29, 0.717) is 0 Å². The van der Waals surface area contributed by atoms with Crippen LogP contribution in [0.2, 0.25) is 0 Å². The molecule has 0 aromatic carbocycles. The summed E-state index contributed by atoms with van der Waals surface area (Å²) in [6.07, 6.45) is -0.937. The van der Waals surface area contributed by atoms with Crippen LogP contribution in [0.3, 0.4) is 0 Å². The first kappa shape index (κ1) is 8.10. The molecule has 1 aliphatic heterocycles. The average molecular weight is 163 g/mol. The Hall–Kier alpha value is -1.00. The van der Waals surface area contributed by atoms with Crippen molar-refractivity contribution in [2.75, 3.05) is 6.67 Å². The van der Waals surface area contributed by atoms with Gasteiger partial charge < -0.3 is 0 Å². The van der Waals surface area contributed by atoms with Gasteiger partial charge in [-0.1, -0.05) is 0 Å². The van der Waals surface area contributed by atoms with Crippen molar-refractivity contribution < 1.29 is 18.0 Å². The number of carbonyl (C=O) groups excluding carboxylic acids is 1. The van der Waals surface area contributed by atoms with Crippen molar-refractivity contribution >= 4 is 5.78 Å². The first-order valence-electron chi connectivity index (χ1n) is 2.87. The predicted octanol–water partition coefficient (Wildman–Crippen LogP) is 0.464. The minimum absolute atomic E-state index is 0.393. The highest BCUT2D eigenvalue weighted by atomic mass is 19.3. The second kappa shape index (κ2) is 2.94. The predicted molar refractivity (Wildman–Crippen MR) is 29.7 cm³/mol. The van der Waals surface area contributed by atoms with Gasteiger partial charge in [-0.05, 0) is 0 Å². The molecule has 1 unspecified atom stereocenters. The van der Waals surface area contributed by atoms with Crippen LogP contribution in [0.25, 0.3) is 0 Å². The number of hydrogen-bond acceptors (Lipinski definition) is 1. The highest BCUT2D eigenvalue weighted by Gasteiger charge is 2.35. The molecule has 0 amide bonds. The number of nitrogens with zero attached hydrogens (tertiary/aromatic N) is 1. The molecule has 0 N–H and O–H groups in total. The fraction of sp³-hybridized carbons (Fsp3) is 0.500. The van der Waals surface area contributed by atoms with Crippen LogP contribution in [0.5, 0.6) is 0 Å².